The van der Waals surface area contributed by atoms with Crippen molar-refractivity contribution in [3.8, 4) is 0 Å². The van der Waals surface area contributed by atoms with Crippen molar-refractivity contribution in [3.05, 3.63) is 12.2 Å². The normalized spacial score (nSPS) is 30.0. The number of carbonyl (C=O) groups excluding carboxylic acids is 1. The minimum absolute atomic E-state index is 0.131. The standard InChI is InChI=1S/C18H25N5O2/c24-14-5-18(6-14)9-22(10-18)16(25)21-7-17(8-21)3-13(4-17)23-11-19-15(20-23)12-1-2-12/h11-14,24H,1-10H2. The molecule has 3 saturated carbocycles. The molecule has 7 nitrogen and oxygen atoms in total. The first-order valence-electron chi connectivity index (χ1n) is 9.66. The van der Waals surface area contributed by atoms with Gasteiger partial charge in [-0.05, 0) is 38.5 Å². The highest BCUT2D eigenvalue weighted by Gasteiger charge is 2.58. The number of aliphatic hydroxyl groups excluding tert-OH is 1. The van der Waals surface area contributed by atoms with Gasteiger partial charge in [0.05, 0.1) is 12.1 Å². The third-order valence-electron chi connectivity index (χ3n) is 7.16. The highest BCUT2D eigenvalue weighted by Crippen LogP contribution is 2.55. The predicted molar refractivity (Wildman–Crippen MR) is 88.9 cm³/mol. The molecular weight excluding hydrogens is 318 g/mol. The van der Waals surface area contributed by atoms with Crippen LogP contribution in [0.25, 0.3) is 0 Å². The third-order valence-corrected chi connectivity index (χ3v) is 7.16. The highest BCUT2D eigenvalue weighted by molar-refractivity contribution is 5.77. The summed E-state index contributed by atoms with van der Waals surface area (Å²) < 4.78 is 2.06. The Morgan fingerprint density at radius 2 is 1.64 bits per heavy atom. The van der Waals surface area contributed by atoms with Crippen molar-refractivity contribution < 1.29 is 9.90 Å². The van der Waals surface area contributed by atoms with Crippen LogP contribution >= 0.6 is 0 Å². The fourth-order valence-corrected chi connectivity index (χ4v) is 5.57. The van der Waals surface area contributed by atoms with Crippen LogP contribution in [0.5, 0.6) is 0 Å². The first-order valence-corrected chi connectivity index (χ1v) is 9.66. The lowest BCUT2D eigenvalue weighted by molar-refractivity contribution is -0.127. The van der Waals surface area contributed by atoms with Crippen LogP contribution in [0.15, 0.2) is 6.33 Å². The summed E-state index contributed by atoms with van der Waals surface area (Å²) in [6.45, 7) is 3.49. The van der Waals surface area contributed by atoms with Crippen molar-refractivity contribution in [1.29, 1.82) is 0 Å². The molecule has 3 heterocycles. The second-order valence-corrected chi connectivity index (χ2v) is 9.48. The number of rotatable bonds is 2. The summed E-state index contributed by atoms with van der Waals surface area (Å²) in [5.74, 6) is 1.64. The molecule has 1 aromatic rings. The van der Waals surface area contributed by atoms with Gasteiger partial charge < -0.3 is 14.9 Å². The molecule has 25 heavy (non-hydrogen) atoms. The fourth-order valence-electron chi connectivity index (χ4n) is 5.57. The highest BCUT2D eigenvalue weighted by atomic mass is 16.3. The molecule has 2 aliphatic heterocycles. The molecule has 2 amide bonds. The maximum absolute atomic E-state index is 12.5. The number of aliphatic hydroxyl groups is 1. The van der Waals surface area contributed by atoms with Crippen molar-refractivity contribution in [2.75, 3.05) is 26.2 Å². The van der Waals surface area contributed by atoms with Crippen molar-refractivity contribution in [1.82, 2.24) is 24.6 Å². The molecule has 0 bridgehead atoms. The number of hydrogen-bond acceptors (Lipinski definition) is 4. The molecule has 0 atom stereocenters. The van der Waals surface area contributed by atoms with Crippen LogP contribution in [0.2, 0.25) is 0 Å². The molecule has 1 N–H and O–H groups in total. The summed E-state index contributed by atoms with van der Waals surface area (Å²) in [5, 5.41) is 14.1. The Kier molecular flexibility index (Phi) is 2.65. The quantitative estimate of drug-likeness (QED) is 0.880. The van der Waals surface area contributed by atoms with E-state index in [0.29, 0.717) is 17.4 Å². The first kappa shape index (κ1) is 14.5. The number of likely N-dealkylation sites (tertiary alicyclic amines) is 2. The molecule has 5 aliphatic rings. The fraction of sp³-hybridized carbons (Fsp3) is 0.833. The van der Waals surface area contributed by atoms with E-state index in [0.717, 1.165) is 57.7 Å². The van der Waals surface area contributed by atoms with Crippen LogP contribution in [-0.2, 0) is 0 Å². The van der Waals surface area contributed by atoms with Gasteiger partial charge in [-0.3, -0.25) is 0 Å². The number of amides is 2. The SMILES string of the molecule is O=C(N1CC2(CC(O)C2)C1)N1CC2(CC(n3cnc(C4CC4)n3)C2)C1. The third kappa shape index (κ3) is 2.11. The molecule has 3 aliphatic carbocycles. The van der Waals surface area contributed by atoms with Crippen LogP contribution in [0, 0.1) is 10.8 Å². The summed E-state index contributed by atoms with van der Waals surface area (Å²) in [7, 11) is 0. The van der Waals surface area contributed by atoms with Gasteiger partial charge in [-0.2, -0.15) is 5.10 Å². The van der Waals surface area contributed by atoms with Crippen molar-refractivity contribution in [2.24, 2.45) is 10.8 Å². The molecule has 134 valence electrons. The van der Waals surface area contributed by atoms with Crippen molar-refractivity contribution in [2.45, 2.75) is 56.6 Å². The van der Waals surface area contributed by atoms with E-state index in [9.17, 15) is 9.90 Å². The van der Waals surface area contributed by atoms with Crippen LogP contribution in [0.4, 0.5) is 4.79 Å². The van der Waals surface area contributed by atoms with Crippen molar-refractivity contribution >= 4 is 6.03 Å². The molecule has 5 fully saturated rings. The predicted octanol–water partition coefficient (Wildman–Crippen LogP) is 1.37. The Bertz CT molecular complexity index is 714. The Morgan fingerprint density at radius 1 is 1.04 bits per heavy atom. The zero-order chi connectivity index (χ0) is 16.8. The Hall–Kier alpha value is -1.63. The number of aromatic nitrogens is 3. The molecule has 6 rings (SSSR count). The summed E-state index contributed by atoms with van der Waals surface area (Å²) in [6, 6.07) is 0.679. The van der Waals surface area contributed by atoms with Crippen LogP contribution < -0.4 is 0 Å². The van der Waals surface area contributed by atoms with E-state index in [-0.39, 0.29) is 17.6 Å². The average molecular weight is 343 g/mol. The maximum Gasteiger partial charge on any atom is 0.320 e. The second-order valence-electron chi connectivity index (χ2n) is 9.48. The molecule has 1 aromatic heterocycles. The number of hydrogen-bond donors (Lipinski definition) is 1. The van der Waals surface area contributed by atoms with Gasteiger partial charge >= 0.3 is 6.03 Å². The smallest absolute Gasteiger partial charge is 0.320 e. The van der Waals surface area contributed by atoms with E-state index in [1.807, 2.05) is 16.1 Å². The van der Waals surface area contributed by atoms with Gasteiger partial charge in [0.2, 0.25) is 0 Å². The van der Waals surface area contributed by atoms with Gasteiger partial charge in [0, 0.05) is 42.9 Å². The maximum atomic E-state index is 12.5. The van der Waals surface area contributed by atoms with E-state index in [1.165, 1.54) is 12.8 Å². The average Bonchev–Trinajstić information content (AvgIpc) is 3.17. The molecule has 0 radical (unpaired) electrons. The topological polar surface area (TPSA) is 74.5 Å². The Morgan fingerprint density at radius 3 is 2.20 bits per heavy atom. The van der Waals surface area contributed by atoms with Gasteiger partial charge in [0.1, 0.15) is 6.33 Å². The van der Waals surface area contributed by atoms with Crippen LogP contribution in [0.1, 0.15) is 56.3 Å². The van der Waals surface area contributed by atoms with E-state index in [2.05, 4.69) is 14.8 Å². The van der Waals surface area contributed by atoms with Gasteiger partial charge in [0.15, 0.2) is 5.82 Å². The number of urea groups is 1. The Labute approximate surface area is 147 Å². The van der Waals surface area contributed by atoms with Gasteiger partial charge in [-0.1, -0.05) is 0 Å². The van der Waals surface area contributed by atoms with E-state index < -0.39 is 0 Å². The van der Waals surface area contributed by atoms with Gasteiger partial charge in [-0.25, -0.2) is 14.5 Å². The first-order chi connectivity index (χ1) is 12.0. The lowest BCUT2D eigenvalue weighted by atomic mass is 9.60. The van der Waals surface area contributed by atoms with E-state index >= 15 is 0 Å². The number of nitrogens with zero attached hydrogens (tertiary/aromatic N) is 5. The molecule has 7 heteroatoms. The molecule has 0 aromatic carbocycles. The molecule has 2 saturated heterocycles. The lowest BCUT2D eigenvalue weighted by Crippen LogP contribution is -2.71. The number of carbonyl (C=O) groups is 1. The van der Waals surface area contributed by atoms with Gasteiger partial charge in [0.25, 0.3) is 0 Å². The van der Waals surface area contributed by atoms with Gasteiger partial charge in [-0.15, -0.1) is 0 Å². The minimum Gasteiger partial charge on any atom is -0.393 e. The monoisotopic (exact) mass is 343 g/mol. The largest absolute Gasteiger partial charge is 0.393 e. The molecule has 0 unspecified atom stereocenters. The summed E-state index contributed by atoms with van der Waals surface area (Å²) in [6.07, 6.45) is 8.26. The lowest BCUT2D eigenvalue weighted by Gasteiger charge is -2.62. The second kappa shape index (κ2) is 4.55. The summed E-state index contributed by atoms with van der Waals surface area (Å²) >= 11 is 0. The molecule has 2 spiro atoms. The van der Waals surface area contributed by atoms with E-state index in [4.69, 9.17) is 0 Å². The summed E-state index contributed by atoms with van der Waals surface area (Å²) in [4.78, 5) is 21.0. The van der Waals surface area contributed by atoms with Crippen LogP contribution in [0.3, 0.4) is 0 Å². The van der Waals surface area contributed by atoms with Crippen LogP contribution in [-0.4, -0.2) is 68.0 Å². The molecular formula is C18H25N5O2. The zero-order valence-corrected chi connectivity index (χ0v) is 14.5. The zero-order valence-electron chi connectivity index (χ0n) is 14.5. The van der Waals surface area contributed by atoms with E-state index in [1.54, 1.807) is 0 Å². The Balaban J connectivity index is 0.999. The minimum atomic E-state index is -0.131. The van der Waals surface area contributed by atoms with Crippen molar-refractivity contribution in [3.63, 3.8) is 0 Å². The summed E-state index contributed by atoms with van der Waals surface area (Å²) in [5.41, 5.74) is 0.590.